The van der Waals surface area contributed by atoms with Crippen LogP contribution in [0.25, 0.3) is 0 Å². The quantitative estimate of drug-likeness (QED) is 0.858. The fourth-order valence-electron chi connectivity index (χ4n) is 1.82. The molecule has 1 aromatic heterocycles. The van der Waals surface area contributed by atoms with Crippen LogP contribution in [0.3, 0.4) is 0 Å². The maximum Gasteiger partial charge on any atom is 0.133 e. The van der Waals surface area contributed by atoms with Gasteiger partial charge >= 0.3 is 0 Å². The van der Waals surface area contributed by atoms with Crippen molar-refractivity contribution in [3.63, 3.8) is 0 Å². The Morgan fingerprint density at radius 1 is 1.29 bits per heavy atom. The van der Waals surface area contributed by atoms with Gasteiger partial charge in [0, 0.05) is 18.7 Å². The van der Waals surface area contributed by atoms with Crippen LogP contribution < -0.4 is 5.32 Å². The van der Waals surface area contributed by atoms with Crippen molar-refractivity contribution in [2.45, 2.75) is 32.9 Å². The summed E-state index contributed by atoms with van der Waals surface area (Å²) in [5.41, 5.74) is 2.31. The molecule has 17 heavy (non-hydrogen) atoms. The summed E-state index contributed by atoms with van der Waals surface area (Å²) in [6.45, 7) is 4.84. The molecule has 0 aliphatic carbocycles. The summed E-state index contributed by atoms with van der Waals surface area (Å²) in [6.07, 6.45) is 1.03. The van der Waals surface area contributed by atoms with Crippen LogP contribution in [0.2, 0.25) is 0 Å². The Hall–Kier alpha value is -1.61. The molecule has 1 atom stereocenters. The average Bonchev–Trinajstić information content (AvgIpc) is 2.74. The molecule has 0 amide bonds. The minimum absolute atomic E-state index is 0.425. The Bertz CT molecular complexity index is 450. The Kier molecular flexibility index (Phi) is 3.94. The second-order valence-corrected chi connectivity index (χ2v) is 4.40. The van der Waals surface area contributed by atoms with E-state index in [0.29, 0.717) is 6.04 Å². The van der Waals surface area contributed by atoms with Gasteiger partial charge in [-0.15, -0.1) is 0 Å². The maximum atomic E-state index is 5.03. The lowest BCUT2D eigenvalue weighted by Crippen LogP contribution is -2.27. The molecule has 0 fully saturated rings. The molecule has 1 aromatic carbocycles. The molecule has 0 aliphatic heterocycles. The first-order valence-corrected chi connectivity index (χ1v) is 5.93. The van der Waals surface area contributed by atoms with Crippen LogP contribution in [-0.4, -0.2) is 11.2 Å². The maximum absolute atomic E-state index is 5.03. The molecule has 1 heterocycles. The van der Waals surface area contributed by atoms with Crippen LogP contribution in [0, 0.1) is 6.92 Å². The van der Waals surface area contributed by atoms with Crippen molar-refractivity contribution in [3.05, 3.63) is 53.4 Å². The van der Waals surface area contributed by atoms with Crippen LogP contribution in [0.15, 0.2) is 40.9 Å². The molecule has 2 rings (SSSR count). The number of hydrogen-bond acceptors (Lipinski definition) is 3. The molecule has 2 aromatic rings. The van der Waals surface area contributed by atoms with Gasteiger partial charge < -0.3 is 9.84 Å². The predicted octanol–water partition coefficient (Wildman–Crippen LogP) is 2.70. The highest BCUT2D eigenvalue weighted by molar-refractivity contribution is 5.15. The number of hydrogen-bond donors (Lipinski definition) is 1. The minimum atomic E-state index is 0.425. The Morgan fingerprint density at radius 3 is 2.71 bits per heavy atom. The predicted molar refractivity (Wildman–Crippen MR) is 67.7 cm³/mol. The van der Waals surface area contributed by atoms with E-state index in [9.17, 15) is 0 Å². The van der Waals surface area contributed by atoms with E-state index in [1.54, 1.807) is 0 Å². The highest BCUT2D eigenvalue weighted by Crippen LogP contribution is 2.05. The standard InChI is InChI=1S/C14H18N2O/c1-11(8-13-6-4-3-5-7-13)15-10-14-9-12(2)17-16-14/h3-7,9,11,15H,8,10H2,1-2H3. The number of rotatable bonds is 5. The zero-order valence-corrected chi connectivity index (χ0v) is 10.3. The van der Waals surface area contributed by atoms with Crippen LogP contribution in [0.4, 0.5) is 0 Å². The lowest BCUT2D eigenvalue weighted by molar-refractivity contribution is 0.386. The minimum Gasteiger partial charge on any atom is -0.361 e. The molecule has 0 radical (unpaired) electrons. The normalized spacial score (nSPS) is 12.6. The van der Waals surface area contributed by atoms with Gasteiger partial charge in [-0.3, -0.25) is 0 Å². The van der Waals surface area contributed by atoms with Gasteiger partial charge in [0.25, 0.3) is 0 Å². The molecule has 1 unspecified atom stereocenters. The van der Waals surface area contributed by atoms with Crippen LogP contribution in [0.5, 0.6) is 0 Å². The van der Waals surface area contributed by atoms with Gasteiger partial charge in [-0.1, -0.05) is 35.5 Å². The first-order chi connectivity index (χ1) is 8.24. The topological polar surface area (TPSA) is 38.1 Å². The van der Waals surface area contributed by atoms with E-state index in [4.69, 9.17) is 4.52 Å². The Labute approximate surface area is 102 Å². The molecule has 90 valence electrons. The van der Waals surface area contributed by atoms with E-state index < -0.39 is 0 Å². The van der Waals surface area contributed by atoms with E-state index in [0.717, 1.165) is 24.4 Å². The molecular weight excluding hydrogens is 212 g/mol. The second-order valence-electron chi connectivity index (χ2n) is 4.40. The fraction of sp³-hybridized carbons (Fsp3) is 0.357. The molecule has 0 spiro atoms. The first-order valence-electron chi connectivity index (χ1n) is 5.93. The Balaban J connectivity index is 1.80. The molecule has 0 aliphatic rings. The number of nitrogens with one attached hydrogen (secondary N) is 1. The highest BCUT2D eigenvalue weighted by Gasteiger charge is 2.05. The lowest BCUT2D eigenvalue weighted by Gasteiger charge is -2.12. The zero-order chi connectivity index (χ0) is 12.1. The van der Waals surface area contributed by atoms with Crippen LogP contribution in [0.1, 0.15) is 23.9 Å². The summed E-state index contributed by atoms with van der Waals surface area (Å²) in [4.78, 5) is 0. The average molecular weight is 230 g/mol. The molecule has 0 saturated carbocycles. The van der Waals surface area contributed by atoms with Gasteiger partial charge in [0.15, 0.2) is 0 Å². The third kappa shape index (κ3) is 3.71. The van der Waals surface area contributed by atoms with E-state index in [2.05, 4.69) is 41.7 Å². The van der Waals surface area contributed by atoms with Crippen molar-refractivity contribution in [3.8, 4) is 0 Å². The van der Waals surface area contributed by atoms with Gasteiger partial charge in [0.05, 0.1) is 5.69 Å². The third-order valence-corrected chi connectivity index (χ3v) is 2.69. The highest BCUT2D eigenvalue weighted by atomic mass is 16.5. The third-order valence-electron chi connectivity index (χ3n) is 2.69. The van der Waals surface area contributed by atoms with Crippen molar-refractivity contribution in [1.82, 2.24) is 10.5 Å². The molecule has 1 N–H and O–H groups in total. The summed E-state index contributed by atoms with van der Waals surface area (Å²) in [5, 5.41) is 7.40. The smallest absolute Gasteiger partial charge is 0.133 e. The SMILES string of the molecule is Cc1cc(CNC(C)Cc2ccccc2)no1. The van der Waals surface area contributed by atoms with Crippen molar-refractivity contribution in [2.24, 2.45) is 0 Å². The summed E-state index contributed by atoms with van der Waals surface area (Å²) in [7, 11) is 0. The van der Waals surface area contributed by atoms with E-state index in [-0.39, 0.29) is 0 Å². The second kappa shape index (κ2) is 5.64. The van der Waals surface area contributed by atoms with Crippen molar-refractivity contribution in [2.75, 3.05) is 0 Å². The molecule has 3 heteroatoms. The number of aryl methyl sites for hydroxylation is 1. The first kappa shape index (κ1) is 11.9. The van der Waals surface area contributed by atoms with Crippen molar-refractivity contribution >= 4 is 0 Å². The van der Waals surface area contributed by atoms with Crippen molar-refractivity contribution in [1.29, 1.82) is 0 Å². The van der Waals surface area contributed by atoms with Crippen LogP contribution in [-0.2, 0) is 13.0 Å². The Morgan fingerprint density at radius 2 is 2.06 bits per heavy atom. The number of benzene rings is 1. The zero-order valence-electron chi connectivity index (χ0n) is 10.3. The van der Waals surface area contributed by atoms with Gasteiger partial charge in [0.2, 0.25) is 0 Å². The van der Waals surface area contributed by atoms with E-state index in [1.807, 2.05) is 19.1 Å². The number of nitrogens with zero attached hydrogens (tertiary/aromatic N) is 1. The summed E-state index contributed by atoms with van der Waals surface area (Å²) < 4.78 is 5.03. The van der Waals surface area contributed by atoms with E-state index >= 15 is 0 Å². The summed E-state index contributed by atoms with van der Waals surface area (Å²) in [5.74, 6) is 0.859. The monoisotopic (exact) mass is 230 g/mol. The van der Waals surface area contributed by atoms with Gasteiger partial charge in [0.1, 0.15) is 5.76 Å². The van der Waals surface area contributed by atoms with Crippen molar-refractivity contribution < 1.29 is 4.52 Å². The lowest BCUT2D eigenvalue weighted by atomic mass is 10.1. The van der Waals surface area contributed by atoms with Gasteiger partial charge in [-0.2, -0.15) is 0 Å². The summed E-state index contributed by atoms with van der Waals surface area (Å²) >= 11 is 0. The molecular formula is C14H18N2O. The summed E-state index contributed by atoms with van der Waals surface area (Å²) in [6, 6.07) is 12.9. The fourth-order valence-corrected chi connectivity index (χ4v) is 1.82. The molecule has 0 bridgehead atoms. The largest absolute Gasteiger partial charge is 0.361 e. The van der Waals surface area contributed by atoms with Gasteiger partial charge in [-0.05, 0) is 25.8 Å². The number of aromatic nitrogens is 1. The van der Waals surface area contributed by atoms with E-state index in [1.165, 1.54) is 5.56 Å². The molecule has 0 saturated heterocycles. The molecule has 3 nitrogen and oxygen atoms in total. The van der Waals surface area contributed by atoms with Crippen LogP contribution >= 0.6 is 0 Å². The van der Waals surface area contributed by atoms with Gasteiger partial charge in [-0.25, -0.2) is 0 Å².